The van der Waals surface area contributed by atoms with Gasteiger partial charge in [-0.15, -0.1) is 0 Å². The summed E-state index contributed by atoms with van der Waals surface area (Å²) in [6.45, 7) is 0.673. The molecule has 0 radical (unpaired) electrons. The quantitative estimate of drug-likeness (QED) is 0.0633. The maximum Gasteiger partial charge on any atom is 0.269 e. The summed E-state index contributed by atoms with van der Waals surface area (Å²) in [4.78, 5) is 66.9. The van der Waals surface area contributed by atoms with Crippen molar-refractivity contribution >= 4 is 29.3 Å². The topological polar surface area (TPSA) is 165 Å². The fourth-order valence-corrected chi connectivity index (χ4v) is 6.30. The van der Waals surface area contributed by atoms with Gasteiger partial charge in [-0.2, -0.15) is 0 Å². The highest BCUT2D eigenvalue weighted by Crippen LogP contribution is 2.32. The zero-order valence-electron chi connectivity index (χ0n) is 27.8. The standard InChI is InChI=1S/C40H31N5O7/c46-37-19-18-35(39(48)43-37)44-24-32-26(7-4-8-31(32)40(44)49)6-2-1-3-20-41-38(47)28-12-10-25(11-13-28)29-22-33(27-14-16-30(17-15-27)45(50)51)42-34(23-29)36-9-5-21-52-36/h4-5,7-17,21-23,35H,1,3,18-20,24H2,(H,41,47)(H,43,46,48). The molecule has 0 aliphatic carbocycles. The van der Waals surface area contributed by atoms with Crippen LogP contribution in [0.1, 0.15) is 57.5 Å². The van der Waals surface area contributed by atoms with E-state index in [0.29, 0.717) is 59.6 Å². The number of hydrogen-bond donors (Lipinski definition) is 2. The second-order valence-corrected chi connectivity index (χ2v) is 12.4. The van der Waals surface area contributed by atoms with Crippen molar-refractivity contribution in [2.45, 2.75) is 38.3 Å². The van der Waals surface area contributed by atoms with E-state index in [1.165, 1.54) is 17.0 Å². The summed E-state index contributed by atoms with van der Waals surface area (Å²) in [5, 5.41) is 16.4. The largest absolute Gasteiger partial charge is 0.463 e. The van der Waals surface area contributed by atoms with Crippen molar-refractivity contribution in [2.24, 2.45) is 0 Å². The molecular formula is C40H31N5O7. The van der Waals surface area contributed by atoms with Crippen LogP contribution in [0.4, 0.5) is 5.69 Å². The third-order valence-electron chi connectivity index (χ3n) is 9.02. The number of furan rings is 1. The minimum absolute atomic E-state index is 0.0108. The van der Waals surface area contributed by atoms with Crippen molar-refractivity contribution in [3.05, 3.63) is 130 Å². The fraction of sp³-hybridized carbons (Fsp3) is 0.175. The Hall–Kier alpha value is -6.87. The zero-order chi connectivity index (χ0) is 36.2. The number of benzene rings is 3. The molecule has 52 heavy (non-hydrogen) atoms. The molecule has 12 nitrogen and oxygen atoms in total. The summed E-state index contributed by atoms with van der Waals surface area (Å²) in [5.74, 6) is 5.62. The highest BCUT2D eigenvalue weighted by Gasteiger charge is 2.39. The molecular weight excluding hydrogens is 662 g/mol. The zero-order valence-corrected chi connectivity index (χ0v) is 27.8. The Bertz CT molecular complexity index is 2270. The van der Waals surface area contributed by atoms with Gasteiger partial charge in [-0.25, -0.2) is 4.98 Å². The van der Waals surface area contributed by atoms with E-state index >= 15 is 0 Å². The number of carbonyl (C=O) groups excluding carboxylic acids is 4. The van der Waals surface area contributed by atoms with Gasteiger partial charge >= 0.3 is 0 Å². The Balaban J connectivity index is 0.964. The van der Waals surface area contributed by atoms with E-state index in [4.69, 9.17) is 9.40 Å². The van der Waals surface area contributed by atoms with Gasteiger partial charge in [0, 0.05) is 60.3 Å². The second-order valence-electron chi connectivity index (χ2n) is 12.4. The number of imide groups is 1. The molecule has 2 aromatic heterocycles. The number of nitro groups is 1. The van der Waals surface area contributed by atoms with E-state index in [1.54, 1.807) is 54.8 Å². The summed E-state index contributed by atoms with van der Waals surface area (Å²) < 4.78 is 5.59. The Labute approximate surface area is 298 Å². The molecule has 1 atom stereocenters. The van der Waals surface area contributed by atoms with Gasteiger partial charge in [-0.05, 0) is 90.2 Å². The van der Waals surface area contributed by atoms with E-state index in [2.05, 4.69) is 22.5 Å². The number of aromatic nitrogens is 1. The van der Waals surface area contributed by atoms with Crippen LogP contribution in [0.3, 0.4) is 0 Å². The van der Waals surface area contributed by atoms with Gasteiger partial charge in [0.1, 0.15) is 11.7 Å². The lowest BCUT2D eigenvalue weighted by molar-refractivity contribution is -0.384. The number of pyridine rings is 1. The molecule has 4 amide bonds. The van der Waals surface area contributed by atoms with Crippen molar-refractivity contribution in [1.29, 1.82) is 0 Å². The van der Waals surface area contributed by atoms with Crippen molar-refractivity contribution in [1.82, 2.24) is 20.5 Å². The first kappa shape index (κ1) is 33.6. The number of nitrogens with one attached hydrogen (secondary N) is 2. The molecule has 5 aromatic rings. The van der Waals surface area contributed by atoms with E-state index in [-0.39, 0.29) is 36.4 Å². The maximum atomic E-state index is 13.1. The molecule has 2 aliphatic heterocycles. The average Bonchev–Trinajstić information content (AvgIpc) is 3.82. The fourth-order valence-electron chi connectivity index (χ4n) is 6.30. The summed E-state index contributed by atoms with van der Waals surface area (Å²) in [5.41, 5.74) is 6.09. The van der Waals surface area contributed by atoms with Gasteiger partial charge in [0.2, 0.25) is 11.8 Å². The number of rotatable bonds is 9. The molecule has 1 fully saturated rings. The minimum Gasteiger partial charge on any atom is -0.463 e. The third-order valence-corrected chi connectivity index (χ3v) is 9.02. The van der Waals surface area contributed by atoms with Gasteiger partial charge < -0.3 is 14.6 Å². The van der Waals surface area contributed by atoms with Gasteiger partial charge in [0.25, 0.3) is 17.5 Å². The predicted molar refractivity (Wildman–Crippen MR) is 190 cm³/mol. The van der Waals surface area contributed by atoms with Crippen LogP contribution in [-0.4, -0.2) is 51.0 Å². The van der Waals surface area contributed by atoms with Crippen LogP contribution in [0.25, 0.3) is 33.8 Å². The molecule has 12 heteroatoms. The van der Waals surface area contributed by atoms with Gasteiger partial charge in [-0.3, -0.25) is 34.6 Å². The number of nitro benzene ring substituents is 1. The predicted octanol–water partition coefficient (Wildman–Crippen LogP) is 5.91. The Morgan fingerprint density at radius 1 is 0.962 bits per heavy atom. The number of hydrogen-bond acceptors (Lipinski definition) is 8. The summed E-state index contributed by atoms with van der Waals surface area (Å²) in [7, 11) is 0. The number of unbranched alkanes of at least 4 members (excludes halogenated alkanes) is 1. The van der Waals surface area contributed by atoms with Crippen LogP contribution in [0.15, 0.2) is 102 Å². The van der Waals surface area contributed by atoms with Crippen molar-refractivity contribution in [3.63, 3.8) is 0 Å². The molecule has 258 valence electrons. The van der Waals surface area contributed by atoms with Crippen molar-refractivity contribution < 1.29 is 28.5 Å². The highest BCUT2D eigenvalue weighted by atomic mass is 16.6. The average molecular weight is 694 g/mol. The number of nitrogens with zero attached hydrogens (tertiary/aromatic N) is 3. The van der Waals surface area contributed by atoms with Crippen LogP contribution in [0.5, 0.6) is 0 Å². The first-order valence-electron chi connectivity index (χ1n) is 16.7. The molecule has 0 spiro atoms. The number of amides is 4. The second kappa shape index (κ2) is 14.5. The minimum atomic E-state index is -0.684. The van der Waals surface area contributed by atoms with Crippen molar-refractivity contribution in [3.8, 4) is 45.7 Å². The molecule has 1 unspecified atom stereocenters. The summed E-state index contributed by atoms with van der Waals surface area (Å²) >= 11 is 0. The first-order valence-corrected chi connectivity index (χ1v) is 16.7. The lowest BCUT2D eigenvalue weighted by atomic mass is 10.00. The van der Waals surface area contributed by atoms with Gasteiger partial charge in [0.05, 0.1) is 16.9 Å². The monoisotopic (exact) mass is 693 g/mol. The molecule has 0 saturated carbocycles. The number of carbonyl (C=O) groups is 4. The Kier molecular flexibility index (Phi) is 9.40. The Morgan fingerprint density at radius 2 is 1.73 bits per heavy atom. The van der Waals surface area contributed by atoms with Crippen molar-refractivity contribution in [2.75, 3.05) is 6.54 Å². The van der Waals surface area contributed by atoms with Crippen LogP contribution in [0, 0.1) is 22.0 Å². The molecule has 4 heterocycles. The molecule has 1 saturated heterocycles. The molecule has 7 rings (SSSR count). The third kappa shape index (κ3) is 7.06. The van der Waals surface area contributed by atoms with Crippen LogP contribution < -0.4 is 10.6 Å². The maximum absolute atomic E-state index is 13.1. The summed E-state index contributed by atoms with van der Waals surface area (Å²) in [6.07, 6.45) is 3.19. The van der Waals surface area contributed by atoms with Gasteiger partial charge in [-0.1, -0.05) is 30.0 Å². The van der Waals surface area contributed by atoms with Crippen LogP contribution >= 0.6 is 0 Å². The molecule has 2 aliphatic rings. The Morgan fingerprint density at radius 3 is 2.46 bits per heavy atom. The smallest absolute Gasteiger partial charge is 0.269 e. The van der Waals surface area contributed by atoms with Crippen LogP contribution in [-0.2, 0) is 16.1 Å². The van der Waals surface area contributed by atoms with Crippen LogP contribution in [0.2, 0.25) is 0 Å². The van der Waals surface area contributed by atoms with E-state index in [1.807, 2.05) is 30.3 Å². The lowest BCUT2D eigenvalue weighted by Gasteiger charge is -2.29. The number of non-ortho nitro benzene ring substituents is 1. The molecule has 3 aromatic carbocycles. The highest BCUT2D eigenvalue weighted by molar-refractivity contribution is 6.05. The first-order chi connectivity index (χ1) is 25.2. The van der Waals surface area contributed by atoms with E-state index < -0.39 is 16.9 Å². The normalized spacial score (nSPS) is 15.0. The number of piperidine rings is 1. The molecule has 2 N–H and O–H groups in total. The van der Waals surface area contributed by atoms with Gasteiger partial charge in [0.15, 0.2) is 5.76 Å². The van der Waals surface area contributed by atoms with E-state index in [9.17, 15) is 29.3 Å². The lowest BCUT2D eigenvalue weighted by Crippen LogP contribution is -2.52. The molecule has 0 bridgehead atoms. The SMILES string of the molecule is O=C1CCC(N2Cc3c(C#CCCCNC(=O)c4ccc(-c5cc(-c6ccc([N+](=O)[O-])cc6)nc(-c6ccco6)c5)cc4)cccc3C2=O)C(=O)N1. The summed E-state index contributed by atoms with van der Waals surface area (Å²) in [6, 6.07) is 25.4. The van der Waals surface area contributed by atoms with E-state index in [0.717, 1.165) is 22.3 Å². The number of fused-ring (bicyclic) bond motifs is 1.